The molecule has 0 aliphatic carbocycles. The van der Waals surface area contributed by atoms with Crippen LogP contribution in [0.2, 0.25) is 0 Å². The maximum absolute atomic E-state index is 11.7. The number of carbonyl (C=O) groups excluding carboxylic acids is 2. The molecular formula is C13H26N4O2. The molecule has 110 valence electrons. The highest BCUT2D eigenvalue weighted by Gasteiger charge is 2.19. The Bertz CT molecular complexity index is 303. The number of hydrogen-bond donors (Lipinski definition) is 3. The Morgan fingerprint density at radius 3 is 2.37 bits per heavy atom. The molecule has 0 bridgehead atoms. The highest BCUT2D eigenvalue weighted by Crippen LogP contribution is 2.08. The molecule has 3 amide bonds. The van der Waals surface area contributed by atoms with Gasteiger partial charge in [0.1, 0.15) is 0 Å². The summed E-state index contributed by atoms with van der Waals surface area (Å²) in [4.78, 5) is 25.2. The van der Waals surface area contributed by atoms with E-state index in [0.29, 0.717) is 0 Å². The number of nitrogens with zero attached hydrogens (tertiary/aromatic N) is 1. The van der Waals surface area contributed by atoms with Crippen LogP contribution in [0.15, 0.2) is 0 Å². The van der Waals surface area contributed by atoms with Crippen LogP contribution in [0.3, 0.4) is 0 Å². The Kier molecular flexibility index (Phi) is 6.80. The first-order valence-electron chi connectivity index (χ1n) is 7.04. The molecule has 3 N–H and O–H groups in total. The van der Waals surface area contributed by atoms with Gasteiger partial charge in [-0.15, -0.1) is 0 Å². The predicted molar refractivity (Wildman–Crippen MR) is 74.9 cm³/mol. The van der Waals surface area contributed by atoms with E-state index in [1.807, 2.05) is 0 Å². The molecule has 0 aromatic heterocycles. The third-order valence-corrected chi connectivity index (χ3v) is 3.37. The smallest absolute Gasteiger partial charge is 0.321 e. The van der Waals surface area contributed by atoms with Crippen molar-refractivity contribution in [3.8, 4) is 0 Å². The van der Waals surface area contributed by atoms with Gasteiger partial charge in [0.15, 0.2) is 0 Å². The Hall–Kier alpha value is -1.14. The molecule has 2 unspecified atom stereocenters. The number of imide groups is 1. The van der Waals surface area contributed by atoms with Crippen molar-refractivity contribution in [2.75, 3.05) is 26.7 Å². The highest BCUT2D eigenvalue weighted by molar-refractivity contribution is 5.96. The van der Waals surface area contributed by atoms with E-state index in [2.05, 4.69) is 27.8 Å². The molecule has 1 fully saturated rings. The quantitative estimate of drug-likeness (QED) is 0.671. The van der Waals surface area contributed by atoms with Crippen LogP contribution in [0.25, 0.3) is 0 Å². The third kappa shape index (κ3) is 6.02. The Labute approximate surface area is 115 Å². The highest BCUT2D eigenvalue weighted by atomic mass is 16.2. The van der Waals surface area contributed by atoms with Crippen LogP contribution in [0, 0.1) is 0 Å². The first-order valence-corrected chi connectivity index (χ1v) is 7.04. The number of nitrogens with one attached hydrogen (secondary N) is 3. The molecule has 0 aromatic rings. The number of likely N-dealkylation sites (tertiary alicyclic amines) is 1. The second kappa shape index (κ2) is 8.12. The molecule has 19 heavy (non-hydrogen) atoms. The molecular weight excluding hydrogens is 244 g/mol. The topological polar surface area (TPSA) is 73.5 Å². The third-order valence-electron chi connectivity index (χ3n) is 3.37. The van der Waals surface area contributed by atoms with Gasteiger partial charge in [-0.05, 0) is 39.8 Å². The summed E-state index contributed by atoms with van der Waals surface area (Å²) in [6.07, 6.45) is 3.85. The van der Waals surface area contributed by atoms with Gasteiger partial charge in [-0.25, -0.2) is 4.79 Å². The average Bonchev–Trinajstić information content (AvgIpc) is 2.39. The van der Waals surface area contributed by atoms with E-state index < -0.39 is 6.03 Å². The summed E-state index contributed by atoms with van der Waals surface area (Å²) < 4.78 is 0. The van der Waals surface area contributed by atoms with Crippen molar-refractivity contribution in [2.45, 2.75) is 45.2 Å². The van der Waals surface area contributed by atoms with Gasteiger partial charge in [-0.3, -0.25) is 10.1 Å². The maximum Gasteiger partial charge on any atom is 0.321 e. The number of urea groups is 1. The van der Waals surface area contributed by atoms with E-state index in [0.717, 1.165) is 19.6 Å². The van der Waals surface area contributed by atoms with Gasteiger partial charge in [-0.2, -0.15) is 0 Å². The molecule has 1 aliphatic rings. The van der Waals surface area contributed by atoms with E-state index >= 15 is 0 Å². The van der Waals surface area contributed by atoms with Gasteiger partial charge in [0, 0.05) is 19.6 Å². The SMILES string of the molecule is CNC(=O)NC(=O)C(C)NC(C)CN1CCCCC1. The zero-order valence-electron chi connectivity index (χ0n) is 12.2. The standard InChI is InChI=1S/C13H26N4O2/c1-10(9-17-7-5-4-6-8-17)15-11(2)12(18)16-13(19)14-3/h10-11,15H,4-9H2,1-3H3,(H2,14,16,18,19). The van der Waals surface area contributed by atoms with Crippen LogP contribution >= 0.6 is 0 Å². The van der Waals surface area contributed by atoms with Crippen molar-refractivity contribution in [1.82, 2.24) is 20.9 Å². The average molecular weight is 270 g/mol. The molecule has 6 heteroatoms. The summed E-state index contributed by atoms with van der Waals surface area (Å²) in [6.45, 7) is 7.07. The lowest BCUT2D eigenvalue weighted by molar-refractivity contribution is -0.121. The van der Waals surface area contributed by atoms with Crippen molar-refractivity contribution < 1.29 is 9.59 Å². The molecule has 2 atom stereocenters. The molecule has 1 heterocycles. The summed E-state index contributed by atoms with van der Waals surface area (Å²) in [6, 6.07) is -0.622. The van der Waals surface area contributed by atoms with Crippen LogP contribution in [0.1, 0.15) is 33.1 Å². The van der Waals surface area contributed by atoms with Gasteiger partial charge < -0.3 is 15.5 Å². The number of rotatable bonds is 5. The minimum absolute atomic E-state index is 0.225. The largest absolute Gasteiger partial charge is 0.341 e. The Morgan fingerprint density at radius 2 is 1.79 bits per heavy atom. The second-order valence-electron chi connectivity index (χ2n) is 5.22. The van der Waals surface area contributed by atoms with Crippen molar-refractivity contribution in [2.24, 2.45) is 0 Å². The van der Waals surface area contributed by atoms with E-state index in [4.69, 9.17) is 0 Å². The Morgan fingerprint density at radius 1 is 1.16 bits per heavy atom. The zero-order valence-corrected chi connectivity index (χ0v) is 12.2. The van der Waals surface area contributed by atoms with Crippen LogP contribution in [0.5, 0.6) is 0 Å². The van der Waals surface area contributed by atoms with E-state index in [-0.39, 0.29) is 18.0 Å². The zero-order chi connectivity index (χ0) is 14.3. The van der Waals surface area contributed by atoms with Crippen molar-refractivity contribution in [1.29, 1.82) is 0 Å². The summed E-state index contributed by atoms with van der Waals surface area (Å²) >= 11 is 0. The first kappa shape index (κ1) is 15.9. The molecule has 1 rings (SSSR count). The van der Waals surface area contributed by atoms with Gasteiger partial charge >= 0.3 is 6.03 Å². The minimum Gasteiger partial charge on any atom is -0.341 e. The minimum atomic E-state index is -0.470. The van der Waals surface area contributed by atoms with Gasteiger partial charge in [0.25, 0.3) is 0 Å². The van der Waals surface area contributed by atoms with E-state index in [1.165, 1.54) is 26.3 Å². The first-order chi connectivity index (χ1) is 9.02. The number of carbonyl (C=O) groups is 2. The summed E-state index contributed by atoms with van der Waals surface area (Å²) in [5.41, 5.74) is 0. The van der Waals surface area contributed by atoms with Crippen molar-refractivity contribution in [3.05, 3.63) is 0 Å². The number of hydrogen-bond acceptors (Lipinski definition) is 4. The second-order valence-corrected chi connectivity index (χ2v) is 5.22. The van der Waals surface area contributed by atoms with Crippen LogP contribution in [-0.2, 0) is 4.79 Å². The fourth-order valence-corrected chi connectivity index (χ4v) is 2.37. The lowest BCUT2D eigenvalue weighted by Gasteiger charge is -2.30. The van der Waals surface area contributed by atoms with Crippen LogP contribution in [-0.4, -0.2) is 55.6 Å². The van der Waals surface area contributed by atoms with Gasteiger partial charge in [-0.1, -0.05) is 6.42 Å². The number of amides is 3. The summed E-state index contributed by atoms with van der Waals surface area (Å²) in [5.74, 6) is -0.301. The maximum atomic E-state index is 11.7. The molecule has 1 aliphatic heterocycles. The summed E-state index contributed by atoms with van der Waals surface area (Å²) in [5, 5.41) is 7.86. The van der Waals surface area contributed by atoms with E-state index in [9.17, 15) is 9.59 Å². The van der Waals surface area contributed by atoms with E-state index in [1.54, 1.807) is 6.92 Å². The molecule has 0 spiro atoms. The lowest BCUT2D eigenvalue weighted by Crippen LogP contribution is -2.52. The summed E-state index contributed by atoms with van der Waals surface area (Å²) in [7, 11) is 1.49. The van der Waals surface area contributed by atoms with Crippen molar-refractivity contribution in [3.63, 3.8) is 0 Å². The lowest BCUT2D eigenvalue weighted by atomic mass is 10.1. The number of piperidine rings is 1. The molecule has 0 aromatic carbocycles. The fraction of sp³-hybridized carbons (Fsp3) is 0.846. The molecule has 6 nitrogen and oxygen atoms in total. The van der Waals surface area contributed by atoms with Crippen molar-refractivity contribution >= 4 is 11.9 Å². The van der Waals surface area contributed by atoms with Gasteiger partial charge in [0.2, 0.25) is 5.91 Å². The Balaban J connectivity index is 2.27. The molecule has 1 saturated heterocycles. The molecule has 0 radical (unpaired) electrons. The van der Waals surface area contributed by atoms with Crippen LogP contribution < -0.4 is 16.0 Å². The molecule has 0 saturated carbocycles. The van der Waals surface area contributed by atoms with Crippen LogP contribution in [0.4, 0.5) is 4.79 Å². The normalized spacial score (nSPS) is 19.5. The monoisotopic (exact) mass is 270 g/mol. The fourth-order valence-electron chi connectivity index (χ4n) is 2.37. The predicted octanol–water partition coefficient (Wildman–Crippen LogP) is 0.295. The van der Waals surface area contributed by atoms with Gasteiger partial charge in [0.05, 0.1) is 6.04 Å².